The molecule has 1 heterocycles. The van der Waals surface area contributed by atoms with Crippen LogP contribution in [0.4, 0.5) is 5.69 Å². The molecule has 2 aromatic rings. The number of esters is 1. The van der Waals surface area contributed by atoms with Gasteiger partial charge < -0.3 is 9.84 Å². The molecule has 144 valence electrons. The highest BCUT2D eigenvalue weighted by Crippen LogP contribution is 2.35. The molecule has 28 heavy (non-hydrogen) atoms. The number of hydrogen-bond acceptors (Lipinski definition) is 6. The normalized spacial score (nSPS) is 16.8. The highest BCUT2D eigenvalue weighted by Gasteiger charge is 2.32. The first kappa shape index (κ1) is 20.2. The molecule has 1 aliphatic heterocycles. The number of hydrogen-bond donors (Lipinski definition) is 1. The molecule has 0 unspecified atom stereocenters. The molecule has 6 nitrogen and oxygen atoms in total. The Labute approximate surface area is 175 Å². The topological polar surface area (TPSA) is 79.2 Å². The van der Waals surface area contributed by atoms with Gasteiger partial charge in [0.15, 0.2) is 5.17 Å². The molecule has 0 spiro atoms. The fraction of sp³-hybridized carbons (Fsp3) is 0.150. The summed E-state index contributed by atoms with van der Waals surface area (Å²) < 4.78 is 5.53. The first-order chi connectivity index (χ1) is 13.4. The first-order valence-corrected chi connectivity index (χ1v) is 10.0. The number of carbonyl (C=O) groups excluding carboxylic acids is 2. The number of amidine groups is 1. The summed E-state index contributed by atoms with van der Waals surface area (Å²) in [6, 6.07) is 11.7. The number of likely N-dealkylation sites (N-methyl/N-ethyl adjacent to an activating group) is 1. The second kappa shape index (κ2) is 8.62. The van der Waals surface area contributed by atoms with Crippen LogP contribution in [-0.2, 0) is 9.53 Å². The molecule has 1 amide bonds. The molecule has 1 fully saturated rings. The van der Waals surface area contributed by atoms with Crippen molar-refractivity contribution in [3.8, 4) is 5.75 Å². The Balaban J connectivity index is 1.96. The lowest BCUT2D eigenvalue weighted by Gasteiger charge is -2.12. The fourth-order valence-electron chi connectivity index (χ4n) is 2.58. The molecule has 0 aromatic heterocycles. The lowest BCUT2D eigenvalue weighted by molar-refractivity contribution is -0.122. The van der Waals surface area contributed by atoms with Crippen LogP contribution in [0.3, 0.4) is 0 Å². The summed E-state index contributed by atoms with van der Waals surface area (Å²) >= 11 is 4.58. The van der Waals surface area contributed by atoms with Crippen molar-refractivity contribution in [3.63, 3.8) is 0 Å². The van der Waals surface area contributed by atoms with Gasteiger partial charge in [0.25, 0.3) is 5.91 Å². The Morgan fingerprint density at radius 1 is 1.32 bits per heavy atom. The summed E-state index contributed by atoms with van der Waals surface area (Å²) in [6.45, 7) is 2.31. The Kier molecular flexibility index (Phi) is 6.21. The number of ether oxygens (including phenoxy) is 1. The zero-order valence-corrected chi connectivity index (χ0v) is 17.6. The number of benzene rings is 2. The minimum absolute atomic E-state index is 0.0864. The summed E-state index contributed by atoms with van der Waals surface area (Å²) in [7, 11) is 1.32. The first-order valence-electron chi connectivity index (χ1n) is 8.40. The lowest BCUT2D eigenvalue weighted by Crippen LogP contribution is -2.28. The van der Waals surface area contributed by atoms with Crippen LogP contribution in [0, 0.1) is 0 Å². The summed E-state index contributed by atoms with van der Waals surface area (Å²) in [4.78, 5) is 31.0. The minimum Gasteiger partial charge on any atom is -0.507 e. The standard InChI is InChI=1S/C20H17BrN2O4S/c1-3-23-18(25)17(11-13-9-14(21)7-8-16(13)24)28-20(23)22-15-6-4-5-12(10-15)19(26)27-2/h4-11,24H,3H2,1-2H3. The molecule has 3 rings (SSSR count). The van der Waals surface area contributed by atoms with E-state index in [1.165, 1.54) is 18.9 Å². The molecule has 1 saturated heterocycles. The van der Waals surface area contributed by atoms with Gasteiger partial charge in [-0.25, -0.2) is 9.79 Å². The van der Waals surface area contributed by atoms with Crippen molar-refractivity contribution in [3.05, 3.63) is 63.0 Å². The Hall–Kier alpha value is -2.58. The maximum absolute atomic E-state index is 12.7. The van der Waals surface area contributed by atoms with Crippen molar-refractivity contribution >= 4 is 56.5 Å². The van der Waals surface area contributed by atoms with Crippen LogP contribution in [0.25, 0.3) is 6.08 Å². The monoisotopic (exact) mass is 460 g/mol. The van der Waals surface area contributed by atoms with E-state index in [2.05, 4.69) is 20.9 Å². The highest BCUT2D eigenvalue weighted by atomic mass is 79.9. The SMILES string of the molecule is CCN1C(=O)C(=Cc2cc(Br)ccc2O)SC1=Nc1cccc(C(=O)OC)c1. The number of methoxy groups -OCH3 is 1. The van der Waals surface area contributed by atoms with E-state index in [9.17, 15) is 14.7 Å². The van der Waals surface area contributed by atoms with Crippen LogP contribution in [0.2, 0.25) is 0 Å². The second-order valence-electron chi connectivity index (χ2n) is 5.80. The zero-order valence-electron chi connectivity index (χ0n) is 15.2. The van der Waals surface area contributed by atoms with Crippen molar-refractivity contribution < 1.29 is 19.4 Å². The van der Waals surface area contributed by atoms with Gasteiger partial charge in [-0.05, 0) is 61.2 Å². The highest BCUT2D eigenvalue weighted by molar-refractivity contribution is 9.10. The van der Waals surface area contributed by atoms with Crippen molar-refractivity contribution in [2.24, 2.45) is 4.99 Å². The number of rotatable bonds is 4. The summed E-state index contributed by atoms with van der Waals surface area (Å²) in [5.74, 6) is -0.548. The van der Waals surface area contributed by atoms with Gasteiger partial charge >= 0.3 is 5.97 Å². The quantitative estimate of drug-likeness (QED) is 0.533. The number of aliphatic imine (C=N–C) groups is 1. The summed E-state index contributed by atoms with van der Waals surface area (Å²) in [5.41, 5.74) is 1.47. The van der Waals surface area contributed by atoms with Gasteiger partial charge in [-0.1, -0.05) is 22.0 Å². The minimum atomic E-state index is -0.449. The number of amides is 1. The van der Waals surface area contributed by atoms with Gasteiger partial charge in [0.2, 0.25) is 0 Å². The van der Waals surface area contributed by atoms with E-state index in [4.69, 9.17) is 4.74 Å². The van der Waals surface area contributed by atoms with Gasteiger partial charge in [0, 0.05) is 16.6 Å². The van der Waals surface area contributed by atoms with E-state index in [-0.39, 0.29) is 11.7 Å². The fourth-order valence-corrected chi connectivity index (χ4v) is 4.02. The third-order valence-corrected chi connectivity index (χ3v) is 5.47. The maximum atomic E-state index is 12.7. The molecule has 0 saturated carbocycles. The largest absolute Gasteiger partial charge is 0.507 e. The number of nitrogens with zero attached hydrogens (tertiary/aromatic N) is 2. The van der Waals surface area contributed by atoms with Crippen LogP contribution >= 0.6 is 27.7 Å². The molecule has 0 radical (unpaired) electrons. The molecule has 8 heteroatoms. The van der Waals surface area contributed by atoms with Crippen molar-refractivity contribution in [1.29, 1.82) is 0 Å². The number of halogens is 1. The van der Waals surface area contributed by atoms with Crippen LogP contribution in [0.1, 0.15) is 22.8 Å². The smallest absolute Gasteiger partial charge is 0.337 e. The third kappa shape index (κ3) is 4.28. The number of phenolic OH excluding ortho intramolecular Hbond substituents is 1. The maximum Gasteiger partial charge on any atom is 0.337 e. The Morgan fingerprint density at radius 3 is 2.82 bits per heavy atom. The third-order valence-electron chi connectivity index (χ3n) is 3.97. The van der Waals surface area contributed by atoms with Crippen LogP contribution in [0.5, 0.6) is 5.75 Å². The predicted molar refractivity (Wildman–Crippen MR) is 114 cm³/mol. The average molecular weight is 461 g/mol. The van der Waals surface area contributed by atoms with E-state index in [1.54, 1.807) is 53.4 Å². The van der Waals surface area contributed by atoms with E-state index >= 15 is 0 Å². The average Bonchev–Trinajstić information content (AvgIpc) is 2.98. The van der Waals surface area contributed by atoms with Crippen molar-refractivity contribution in [2.45, 2.75) is 6.92 Å². The Morgan fingerprint density at radius 2 is 2.11 bits per heavy atom. The lowest BCUT2D eigenvalue weighted by atomic mass is 10.2. The Bertz CT molecular complexity index is 1000. The number of aromatic hydroxyl groups is 1. The van der Waals surface area contributed by atoms with Crippen LogP contribution < -0.4 is 0 Å². The van der Waals surface area contributed by atoms with Gasteiger partial charge in [-0.2, -0.15) is 0 Å². The summed E-state index contributed by atoms with van der Waals surface area (Å²) in [6.07, 6.45) is 1.64. The van der Waals surface area contributed by atoms with E-state index in [1.807, 2.05) is 6.92 Å². The van der Waals surface area contributed by atoms with Crippen molar-refractivity contribution in [2.75, 3.05) is 13.7 Å². The molecule has 0 aliphatic carbocycles. The zero-order chi connectivity index (χ0) is 20.3. The molecule has 0 bridgehead atoms. The van der Waals surface area contributed by atoms with Crippen molar-refractivity contribution in [1.82, 2.24) is 4.90 Å². The number of carbonyl (C=O) groups is 2. The van der Waals surface area contributed by atoms with E-state index in [0.29, 0.717) is 33.4 Å². The number of thioether (sulfide) groups is 1. The second-order valence-corrected chi connectivity index (χ2v) is 7.72. The van der Waals surface area contributed by atoms with E-state index in [0.717, 1.165) is 4.47 Å². The molecule has 1 N–H and O–H groups in total. The van der Waals surface area contributed by atoms with Gasteiger partial charge in [-0.3, -0.25) is 9.69 Å². The molecular formula is C20H17BrN2O4S. The predicted octanol–water partition coefficient (Wildman–Crippen LogP) is 4.57. The van der Waals surface area contributed by atoms with Crippen LogP contribution in [0.15, 0.2) is 56.8 Å². The summed E-state index contributed by atoms with van der Waals surface area (Å²) in [5, 5.41) is 10.5. The van der Waals surface area contributed by atoms with Gasteiger partial charge in [0.1, 0.15) is 5.75 Å². The van der Waals surface area contributed by atoms with Gasteiger partial charge in [0.05, 0.1) is 23.3 Å². The molecule has 1 aliphatic rings. The van der Waals surface area contributed by atoms with Gasteiger partial charge in [-0.15, -0.1) is 0 Å². The molecular weight excluding hydrogens is 444 g/mol. The molecule has 0 atom stereocenters. The molecule has 2 aromatic carbocycles. The van der Waals surface area contributed by atoms with Crippen LogP contribution in [-0.4, -0.2) is 40.7 Å². The van der Waals surface area contributed by atoms with E-state index < -0.39 is 5.97 Å². The number of phenols is 1.